The smallest absolute Gasteiger partial charge is 0.356 e. The highest BCUT2D eigenvalue weighted by molar-refractivity contribution is 6.30. The highest BCUT2D eigenvalue weighted by Crippen LogP contribution is 2.57. The van der Waals surface area contributed by atoms with E-state index in [1.807, 2.05) is 28.9 Å². The second-order valence-corrected chi connectivity index (χ2v) is 8.08. The van der Waals surface area contributed by atoms with Gasteiger partial charge >= 0.3 is 5.97 Å². The van der Waals surface area contributed by atoms with E-state index in [-0.39, 0.29) is 5.69 Å². The second kappa shape index (κ2) is 5.09. The molecule has 4 aliphatic rings. The number of carbonyl (C=O) groups is 1. The Morgan fingerprint density at radius 3 is 2.29 bits per heavy atom. The summed E-state index contributed by atoms with van der Waals surface area (Å²) < 4.78 is 1.89. The molecule has 1 aromatic heterocycles. The number of benzene rings is 1. The van der Waals surface area contributed by atoms with Gasteiger partial charge in [-0.3, -0.25) is 0 Å². The molecule has 2 aromatic rings. The number of carboxylic acid groups (broad SMARTS) is 1. The lowest BCUT2D eigenvalue weighted by Gasteiger charge is -2.38. The molecular formula is C19H19ClN2O2. The fourth-order valence-corrected chi connectivity index (χ4v) is 5.61. The number of hydrogen-bond donors (Lipinski definition) is 1. The van der Waals surface area contributed by atoms with Crippen LogP contribution in [0.25, 0.3) is 5.69 Å². The fourth-order valence-electron chi connectivity index (χ4n) is 5.49. The van der Waals surface area contributed by atoms with Gasteiger partial charge in [-0.1, -0.05) is 11.6 Å². The highest BCUT2D eigenvalue weighted by Gasteiger charge is 2.46. The molecule has 0 spiro atoms. The number of aromatic carboxylic acids is 1. The van der Waals surface area contributed by atoms with Crippen LogP contribution >= 0.6 is 11.6 Å². The van der Waals surface area contributed by atoms with E-state index in [0.717, 1.165) is 41.6 Å². The minimum absolute atomic E-state index is 0.262. The maximum Gasteiger partial charge on any atom is 0.356 e. The fraction of sp³-hybridized carbons (Fsp3) is 0.474. The summed E-state index contributed by atoms with van der Waals surface area (Å²) in [5.74, 6) is 1.40. The summed E-state index contributed by atoms with van der Waals surface area (Å²) in [7, 11) is 0. The molecule has 1 N–H and O–H groups in total. The highest BCUT2D eigenvalue weighted by atomic mass is 35.5. The number of aromatic nitrogens is 2. The molecule has 24 heavy (non-hydrogen) atoms. The first-order chi connectivity index (χ1) is 11.6. The Kier molecular flexibility index (Phi) is 3.08. The molecule has 0 amide bonds. The van der Waals surface area contributed by atoms with Crippen molar-refractivity contribution < 1.29 is 9.90 Å². The molecule has 2 saturated carbocycles. The van der Waals surface area contributed by atoms with E-state index < -0.39 is 5.97 Å². The van der Waals surface area contributed by atoms with Crippen LogP contribution in [0, 0.1) is 11.8 Å². The van der Waals surface area contributed by atoms with E-state index in [1.54, 1.807) is 0 Å². The van der Waals surface area contributed by atoms with Crippen molar-refractivity contribution in [1.29, 1.82) is 0 Å². The molecule has 2 atom stereocenters. The van der Waals surface area contributed by atoms with Gasteiger partial charge in [-0.2, -0.15) is 5.10 Å². The molecule has 4 nitrogen and oxygen atoms in total. The predicted octanol–water partition coefficient (Wildman–Crippen LogP) is 4.61. The summed E-state index contributed by atoms with van der Waals surface area (Å²) in [5.41, 5.74) is 3.35. The summed E-state index contributed by atoms with van der Waals surface area (Å²) in [6.45, 7) is 0. The molecule has 1 aromatic carbocycles. The van der Waals surface area contributed by atoms with Crippen molar-refractivity contribution >= 4 is 17.6 Å². The quantitative estimate of drug-likeness (QED) is 0.866. The monoisotopic (exact) mass is 342 g/mol. The maximum atomic E-state index is 11.9. The van der Waals surface area contributed by atoms with Gasteiger partial charge in [0.05, 0.1) is 11.4 Å². The van der Waals surface area contributed by atoms with E-state index in [4.69, 9.17) is 11.6 Å². The lowest BCUT2D eigenvalue weighted by atomic mass is 9.67. The average Bonchev–Trinajstić information content (AvgIpc) is 2.87. The van der Waals surface area contributed by atoms with Gasteiger partial charge in [0.1, 0.15) is 0 Å². The Hall–Kier alpha value is -1.81. The van der Waals surface area contributed by atoms with Gasteiger partial charge in [-0.15, -0.1) is 0 Å². The average molecular weight is 343 g/mol. The third-order valence-electron chi connectivity index (χ3n) is 6.17. The van der Waals surface area contributed by atoms with E-state index in [9.17, 15) is 9.90 Å². The van der Waals surface area contributed by atoms with Crippen LogP contribution in [0.4, 0.5) is 0 Å². The van der Waals surface area contributed by atoms with Crippen LogP contribution in [0.5, 0.6) is 0 Å². The zero-order valence-electron chi connectivity index (χ0n) is 13.3. The molecule has 0 aliphatic heterocycles. The summed E-state index contributed by atoms with van der Waals surface area (Å²) in [6.07, 6.45) is 5.95. The van der Waals surface area contributed by atoms with Gasteiger partial charge < -0.3 is 5.11 Å². The maximum absolute atomic E-state index is 11.9. The molecular weight excluding hydrogens is 324 g/mol. The van der Waals surface area contributed by atoms with Gasteiger partial charge in [0, 0.05) is 16.5 Å². The minimum Gasteiger partial charge on any atom is -0.476 e. The van der Waals surface area contributed by atoms with E-state index in [1.165, 1.54) is 19.3 Å². The Balaban J connectivity index is 1.75. The Labute approximate surface area is 145 Å². The molecule has 124 valence electrons. The van der Waals surface area contributed by atoms with Crippen molar-refractivity contribution in [1.82, 2.24) is 9.78 Å². The van der Waals surface area contributed by atoms with Crippen molar-refractivity contribution in [3.8, 4) is 5.69 Å². The molecule has 5 heteroatoms. The van der Waals surface area contributed by atoms with Crippen LogP contribution in [-0.2, 0) is 0 Å². The number of rotatable bonds is 2. The van der Waals surface area contributed by atoms with Gasteiger partial charge in [-0.25, -0.2) is 9.48 Å². The molecule has 2 unspecified atom stereocenters. The normalized spacial score (nSPS) is 30.2. The number of carboxylic acids is 1. The molecule has 4 bridgehead atoms. The number of halogens is 1. The number of nitrogens with zero attached hydrogens (tertiary/aromatic N) is 2. The van der Waals surface area contributed by atoms with E-state index >= 15 is 0 Å². The van der Waals surface area contributed by atoms with Gasteiger partial charge in [0.15, 0.2) is 5.69 Å². The van der Waals surface area contributed by atoms with E-state index in [0.29, 0.717) is 16.9 Å². The van der Waals surface area contributed by atoms with Crippen molar-refractivity contribution in [3.63, 3.8) is 0 Å². The molecule has 0 radical (unpaired) electrons. The predicted molar refractivity (Wildman–Crippen MR) is 91.1 cm³/mol. The van der Waals surface area contributed by atoms with Crippen molar-refractivity contribution in [3.05, 3.63) is 46.2 Å². The van der Waals surface area contributed by atoms with Crippen LogP contribution in [0.1, 0.15) is 65.7 Å². The van der Waals surface area contributed by atoms with E-state index in [2.05, 4.69) is 5.10 Å². The molecule has 0 saturated heterocycles. The standard InChI is InChI=1S/C19H19ClN2O2/c20-14-1-3-15(4-2-14)22-18-13-8-10-5-11(9-13)7-12(6-10)16(18)17(21-22)19(23)24/h1-4,10-13H,5-9H2,(H,23,24). The van der Waals surface area contributed by atoms with Crippen LogP contribution in [0.3, 0.4) is 0 Å². The molecule has 1 heterocycles. The van der Waals surface area contributed by atoms with Crippen molar-refractivity contribution in [2.45, 2.75) is 43.9 Å². The van der Waals surface area contributed by atoms with Gasteiger partial charge in [0.2, 0.25) is 0 Å². The SMILES string of the molecule is O=C(O)c1nn(-c2ccc(Cl)cc2)c2c1C1CC3CC(C1)CC2C3. The molecule has 2 fully saturated rings. The van der Waals surface area contributed by atoms with Gasteiger partial charge in [-0.05, 0) is 74.1 Å². The molecule has 6 rings (SSSR count). The van der Waals surface area contributed by atoms with Crippen LogP contribution in [-0.4, -0.2) is 20.9 Å². The van der Waals surface area contributed by atoms with Gasteiger partial charge in [0.25, 0.3) is 0 Å². The van der Waals surface area contributed by atoms with Crippen LogP contribution < -0.4 is 0 Å². The summed E-state index contributed by atoms with van der Waals surface area (Å²) in [4.78, 5) is 11.9. The van der Waals surface area contributed by atoms with Crippen molar-refractivity contribution in [2.75, 3.05) is 0 Å². The second-order valence-electron chi connectivity index (χ2n) is 7.65. The third-order valence-corrected chi connectivity index (χ3v) is 6.42. The summed E-state index contributed by atoms with van der Waals surface area (Å²) in [6, 6.07) is 7.53. The van der Waals surface area contributed by atoms with Crippen LogP contribution in [0.2, 0.25) is 5.02 Å². The molecule has 4 aliphatic carbocycles. The lowest BCUT2D eigenvalue weighted by Crippen LogP contribution is -2.26. The summed E-state index contributed by atoms with van der Waals surface area (Å²) in [5, 5.41) is 14.9. The Morgan fingerprint density at radius 2 is 1.67 bits per heavy atom. The Bertz CT molecular complexity index is 813. The van der Waals surface area contributed by atoms with Crippen molar-refractivity contribution in [2.24, 2.45) is 11.8 Å². The third kappa shape index (κ3) is 2.05. The lowest BCUT2D eigenvalue weighted by molar-refractivity contribution is 0.0686. The topological polar surface area (TPSA) is 55.1 Å². The first-order valence-corrected chi connectivity index (χ1v) is 9.10. The largest absolute Gasteiger partial charge is 0.476 e. The first kappa shape index (κ1) is 14.5. The van der Waals surface area contributed by atoms with Crippen LogP contribution in [0.15, 0.2) is 24.3 Å². The number of hydrogen-bond acceptors (Lipinski definition) is 2. The Morgan fingerprint density at radius 1 is 1.04 bits per heavy atom. The zero-order chi connectivity index (χ0) is 16.4. The summed E-state index contributed by atoms with van der Waals surface area (Å²) >= 11 is 6.01. The minimum atomic E-state index is -0.903. The first-order valence-electron chi connectivity index (χ1n) is 8.72. The zero-order valence-corrected chi connectivity index (χ0v) is 14.0.